The molecule has 5 nitrogen and oxygen atoms in total. The van der Waals surface area contributed by atoms with Gasteiger partial charge in [0.2, 0.25) is 0 Å². The standard InChI is InChI=1S/C15H11F3N4O/c16-15(17,18)9-1-3-10(4-2-9)21-14(23)22-13-8-20-12-7-19-6-5-11(12)13/h1-8,20H,(H2,21,22,23). The lowest BCUT2D eigenvalue weighted by atomic mass is 10.2. The van der Waals surface area contributed by atoms with E-state index >= 15 is 0 Å². The Morgan fingerprint density at radius 2 is 1.83 bits per heavy atom. The molecule has 3 N–H and O–H groups in total. The van der Waals surface area contributed by atoms with E-state index in [4.69, 9.17) is 0 Å². The van der Waals surface area contributed by atoms with Gasteiger partial charge in [-0.25, -0.2) is 4.79 Å². The quantitative estimate of drug-likeness (QED) is 0.661. The van der Waals surface area contributed by atoms with Crippen molar-refractivity contribution in [3.8, 4) is 0 Å². The third-order valence-electron chi connectivity index (χ3n) is 3.20. The lowest BCUT2D eigenvalue weighted by Gasteiger charge is -2.09. The molecule has 0 atom stereocenters. The summed E-state index contributed by atoms with van der Waals surface area (Å²) in [5.74, 6) is 0. The molecule has 0 bridgehead atoms. The minimum Gasteiger partial charge on any atom is -0.358 e. The van der Waals surface area contributed by atoms with Crippen LogP contribution < -0.4 is 10.6 Å². The van der Waals surface area contributed by atoms with Crippen molar-refractivity contribution in [2.75, 3.05) is 10.6 Å². The minimum atomic E-state index is -4.40. The molecule has 0 unspecified atom stereocenters. The molecule has 0 aliphatic heterocycles. The fraction of sp³-hybridized carbons (Fsp3) is 0.0667. The Morgan fingerprint density at radius 3 is 2.52 bits per heavy atom. The summed E-state index contributed by atoms with van der Waals surface area (Å²) in [5, 5.41) is 5.88. The zero-order valence-corrected chi connectivity index (χ0v) is 11.6. The van der Waals surface area contributed by atoms with Crippen LogP contribution in [-0.4, -0.2) is 16.0 Å². The second kappa shape index (κ2) is 5.64. The van der Waals surface area contributed by atoms with Gasteiger partial charge < -0.3 is 15.6 Å². The lowest BCUT2D eigenvalue weighted by molar-refractivity contribution is -0.137. The lowest BCUT2D eigenvalue weighted by Crippen LogP contribution is -2.19. The number of carbonyl (C=O) groups is 1. The molecular formula is C15H11F3N4O. The Hall–Kier alpha value is -3.03. The maximum Gasteiger partial charge on any atom is 0.416 e. The van der Waals surface area contributed by atoms with Gasteiger partial charge in [-0.2, -0.15) is 13.2 Å². The number of amides is 2. The molecule has 0 saturated heterocycles. The highest BCUT2D eigenvalue weighted by atomic mass is 19.4. The smallest absolute Gasteiger partial charge is 0.358 e. The minimum absolute atomic E-state index is 0.261. The van der Waals surface area contributed by atoms with Crippen molar-refractivity contribution in [2.45, 2.75) is 6.18 Å². The number of halogens is 3. The number of carbonyl (C=O) groups excluding carboxylic acids is 1. The molecule has 3 rings (SSSR count). The summed E-state index contributed by atoms with van der Waals surface area (Å²) in [7, 11) is 0. The van der Waals surface area contributed by atoms with E-state index in [-0.39, 0.29) is 5.69 Å². The van der Waals surface area contributed by atoms with Crippen LogP contribution in [0, 0.1) is 0 Å². The van der Waals surface area contributed by atoms with Crippen LogP contribution >= 0.6 is 0 Å². The Bertz CT molecular complexity index is 840. The molecule has 1 aromatic carbocycles. The second-order valence-electron chi connectivity index (χ2n) is 4.78. The molecule has 0 saturated carbocycles. The fourth-order valence-electron chi connectivity index (χ4n) is 2.10. The summed E-state index contributed by atoms with van der Waals surface area (Å²) >= 11 is 0. The van der Waals surface area contributed by atoms with Crippen molar-refractivity contribution in [1.29, 1.82) is 0 Å². The van der Waals surface area contributed by atoms with Crippen LogP contribution in [0.4, 0.5) is 29.3 Å². The monoisotopic (exact) mass is 320 g/mol. The number of alkyl halides is 3. The second-order valence-corrected chi connectivity index (χ2v) is 4.78. The Morgan fingerprint density at radius 1 is 1.09 bits per heavy atom. The van der Waals surface area contributed by atoms with Crippen LogP contribution in [0.15, 0.2) is 48.9 Å². The zero-order valence-electron chi connectivity index (χ0n) is 11.6. The molecule has 0 aliphatic rings. The molecule has 3 aromatic rings. The highest BCUT2D eigenvalue weighted by Gasteiger charge is 2.29. The van der Waals surface area contributed by atoms with Crippen LogP contribution in [-0.2, 0) is 6.18 Å². The summed E-state index contributed by atoms with van der Waals surface area (Å²) in [5.41, 5.74) is 0.800. The predicted molar refractivity (Wildman–Crippen MR) is 80.2 cm³/mol. The van der Waals surface area contributed by atoms with E-state index < -0.39 is 17.8 Å². The van der Waals surface area contributed by atoms with Gasteiger partial charge in [0.25, 0.3) is 0 Å². The topological polar surface area (TPSA) is 69.8 Å². The average molecular weight is 320 g/mol. The summed E-state index contributed by atoms with van der Waals surface area (Å²) in [6.45, 7) is 0. The van der Waals surface area contributed by atoms with Crippen LogP contribution in [0.2, 0.25) is 0 Å². The van der Waals surface area contributed by atoms with E-state index in [1.54, 1.807) is 24.7 Å². The van der Waals surface area contributed by atoms with Gasteiger partial charge in [-0.15, -0.1) is 0 Å². The van der Waals surface area contributed by atoms with Gasteiger partial charge in [-0.05, 0) is 30.3 Å². The van der Waals surface area contributed by atoms with Crippen molar-refractivity contribution < 1.29 is 18.0 Å². The van der Waals surface area contributed by atoms with Crippen molar-refractivity contribution in [2.24, 2.45) is 0 Å². The molecule has 0 aliphatic carbocycles. The number of hydrogen-bond acceptors (Lipinski definition) is 2. The Balaban J connectivity index is 1.70. The molecule has 2 heterocycles. The SMILES string of the molecule is O=C(Nc1ccc(C(F)(F)F)cc1)Nc1c[nH]c2cnccc12. The van der Waals surface area contributed by atoms with E-state index in [1.807, 2.05) is 0 Å². The molecule has 8 heteroatoms. The molecule has 118 valence electrons. The van der Waals surface area contributed by atoms with Gasteiger partial charge in [0.15, 0.2) is 0 Å². The van der Waals surface area contributed by atoms with E-state index in [1.165, 1.54) is 12.1 Å². The zero-order chi connectivity index (χ0) is 16.4. The Labute approximate surface area is 128 Å². The van der Waals surface area contributed by atoms with Crippen LogP contribution in [0.3, 0.4) is 0 Å². The first-order valence-corrected chi connectivity index (χ1v) is 6.60. The van der Waals surface area contributed by atoms with Crippen molar-refractivity contribution in [3.05, 3.63) is 54.5 Å². The maximum atomic E-state index is 12.5. The highest BCUT2D eigenvalue weighted by molar-refractivity contribution is 6.05. The van der Waals surface area contributed by atoms with E-state index in [9.17, 15) is 18.0 Å². The van der Waals surface area contributed by atoms with E-state index in [2.05, 4.69) is 20.6 Å². The number of benzene rings is 1. The number of H-pyrrole nitrogens is 1. The number of urea groups is 1. The van der Waals surface area contributed by atoms with Gasteiger partial charge in [0.05, 0.1) is 23.0 Å². The first-order chi connectivity index (χ1) is 10.9. The van der Waals surface area contributed by atoms with Gasteiger partial charge in [0.1, 0.15) is 0 Å². The van der Waals surface area contributed by atoms with Gasteiger partial charge in [-0.3, -0.25) is 4.98 Å². The highest BCUT2D eigenvalue weighted by Crippen LogP contribution is 2.30. The third kappa shape index (κ3) is 3.25. The van der Waals surface area contributed by atoms with Crippen molar-refractivity contribution in [3.63, 3.8) is 0 Å². The molecule has 23 heavy (non-hydrogen) atoms. The first-order valence-electron chi connectivity index (χ1n) is 6.60. The number of nitrogens with zero attached hydrogens (tertiary/aromatic N) is 1. The van der Waals surface area contributed by atoms with Gasteiger partial charge >= 0.3 is 12.2 Å². The van der Waals surface area contributed by atoms with Gasteiger partial charge in [-0.1, -0.05) is 0 Å². The van der Waals surface area contributed by atoms with Gasteiger partial charge in [0, 0.05) is 23.5 Å². The number of nitrogens with one attached hydrogen (secondary N) is 3. The van der Waals surface area contributed by atoms with Crippen LogP contribution in [0.5, 0.6) is 0 Å². The molecule has 0 spiro atoms. The number of hydrogen-bond donors (Lipinski definition) is 3. The van der Waals surface area contributed by atoms with Crippen LogP contribution in [0.1, 0.15) is 5.56 Å². The van der Waals surface area contributed by atoms with E-state index in [0.29, 0.717) is 5.69 Å². The maximum absolute atomic E-state index is 12.5. The summed E-state index contributed by atoms with van der Waals surface area (Å²) in [4.78, 5) is 18.8. The summed E-state index contributed by atoms with van der Waals surface area (Å²) < 4.78 is 37.4. The number of aromatic nitrogens is 2. The fourth-order valence-corrected chi connectivity index (χ4v) is 2.10. The predicted octanol–water partition coefficient (Wildman–Crippen LogP) is 4.23. The molecule has 0 radical (unpaired) electrons. The molecule has 2 aromatic heterocycles. The number of aromatic amines is 1. The molecular weight excluding hydrogens is 309 g/mol. The summed E-state index contributed by atoms with van der Waals surface area (Å²) in [6, 6.07) is 5.39. The number of anilines is 2. The number of pyridine rings is 1. The normalized spacial score (nSPS) is 11.4. The van der Waals surface area contributed by atoms with Crippen LogP contribution in [0.25, 0.3) is 10.9 Å². The average Bonchev–Trinajstić information content (AvgIpc) is 2.90. The Kier molecular flexibility index (Phi) is 3.65. The third-order valence-corrected chi connectivity index (χ3v) is 3.20. The summed E-state index contributed by atoms with van der Waals surface area (Å²) in [6.07, 6.45) is 0.418. The molecule has 2 amide bonds. The van der Waals surface area contributed by atoms with Crippen molar-refractivity contribution in [1.82, 2.24) is 9.97 Å². The molecule has 0 fully saturated rings. The van der Waals surface area contributed by atoms with Crippen molar-refractivity contribution >= 4 is 28.3 Å². The largest absolute Gasteiger partial charge is 0.416 e. The van der Waals surface area contributed by atoms with E-state index in [0.717, 1.165) is 23.0 Å². The number of fused-ring (bicyclic) bond motifs is 1. The number of rotatable bonds is 2. The first kappa shape index (κ1) is 14.9.